The molecule has 0 aromatic heterocycles. The van der Waals surface area contributed by atoms with Crippen molar-refractivity contribution in [3.63, 3.8) is 0 Å². The third-order valence-corrected chi connectivity index (χ3v) is 5.15. The highest BCUT2D eigenvalue weighted by Crippen LogP contribution is 2.23. The van der Waals surface area contributed by atoms with Crippen molar-refractivity contribution in [3.05, 3.63) is 125 Å². The molecule has 0 spiro atoms. The first-order valence-corrected chi connectivity index (χ1v) is 10.8. The Morgan fingerprint density at radius 3 is 2.33 bits per heavy atom. The molecule has 0 aliphatic carbocycles. The molecule has 3 aromatic carbocycles. The number of carbonyl (C=O) groups is 1. The molecule has 0 unspecified atom stereocenters. The fourth-order valence-corrected chi connectivity index (χ4v) is 3.41. The maximum Gasteiger partial charge on any atom is 0.249 e. The van der Waals surface area contributed by atoms with Crippen molar-refractivity contribution in [1.82, 2.24) is 0 Å². The Kier molecular flexibility index (Phi) is 8.25. The minimum absolute atomic E-state index is 0.247. The summed E-state index contributed by atoms with van der Waals surface area (Å²) in [6.07, 6.45) is 5.92. The lowest BCUT2D eigenvalue weighted by atomic mass is 10.0. The predicted molar refractivity (Wildman–Crippen MR) is 134 cm³/mol. The van der Waals surface area contributed by atoms with Gasteiger partial charge in [0.2, 0.25) is 5.91 Å². The zero-order valence-electron chi connectivity index (χ0n) is 19.1. The van der Waals surface area contributed by atoms with Crippen LogP contribution in [0.1, 0.15) is 34.0 Å². The lowest BCUT2D eigenvalue weighted by molar-refractivity contribution is 0.0997. The van der Waals surface area contributed by atoms with Gasteiger partial charge in [0.15, 0.2) is 0 Å². The van der Waals surface area contributed by atoms with E-state index < -0.39 is 5.91 Å². The van der Waals surface area contributed by atoms with Crippen LogP contribution in [-0.4, -0.2) is 12.5 Å². The molecular formula is C29H29NO3. The summed E-state index contributed by atoms with van der Waals surface area (Å²) >= 11 is 0. The molecule has 4 heteroatoms. The van der Waals surface area contributed by atoms with Gasteiger partial charge >= 0.3 is 0 Å². The summed E-state index contributed by atoms with van der Waals surface area (Å²) in [6, 6.07) is 23.2. The predicted octanol–water partition coefficient (Wildman–Crippen LogP) is 6.27. The third kappa shape index (κ3) is 6.71. The summed E-state index contributed by atoms with van der Waals surface area (Å²) in [6.45, 7) is 8.49. The fourth-order valence-electron chi connectivity index (χ4n) is 3.41. The van der Waals surface area contributed by atoms with Crippen LogP contribution in [0.4, 0.5) is 0 Å². The SMILES string of the molecule is C=C/C(=C\C=C(/C)COc1cccc(OCc2cccc(C)c2C(N)=O)c1)c1ccccc1. The van der Waals surface area contributed by atoms with Gasteiger partial charge in [-0.05, 0) is 48.3 Å². The number of primary amides is 1. The van der Waals surface area contributed by atoms with E-state index >= 15 is 0 Å². The minimum atomic E-state index is -0.452. The molecule has 0 aliphatic heterocycles. The lowest BCUT2D eigenvalue weighted by Crippen LogP contribution is -2.16. The van der Waals surface area contributed by atoms with Gasteiger partial charge in [-0.15, -0.1) is 0 Å². The Bertz CT molecular complexity index is 1180. The summed E-state index contributed by atoms with van der Waals surface area (Å²) in [5.74, 6) is 0.909. The van der Waals surface area contributed by atoms with Gasteiger partial charge in [0.1, 0.15) is 24.7 Å². The smallest absolute Gasteiger partial charge is 0.249 e. The van der Waals surface area contributed by atoms with Gasteiger partial charge in [0, 0.05) is 17.2 Å². The van der Waals surface area contributed by atoms with Crippen LogP contribution in [0.25, 0.3) is 5.57 Å². The second kappa shape index (κ2) is 11.5. The molecule has 3 rings (SSSR count). The average molecular weight is 440 g/mol. The van der Waals surface area contributed by atoms with E-state index in [-0.39, 0.29) is 6.61 Å². The molecule has 0 saturated carbocycles. The Morgan fingerprint density at radius 1 is 0.939 bits per heavy atom. The molecule has 0 fully saturated rings. The maximum absolute atomic E-state index is 11.8. The van der Waals surface area contributed by atoms with E-state index in [1.165, 1.54) is 0 Å². The summed E-state index contributed by atoms with van der Waals surface area (Å²) in [5.41, 5.74) is 10.9. The van der Waals surface area contributed by atoms with E-state index in [4.69, 9.17) is 15.2 Å². The monoisotopic (exact) mass is 439 g/mol. The van der Waals surface area contributed by atoms with Crippen LogP contribution in [-0.2, 0) is 6.61 Å². The van der Waals surface area contributed by atoms with Crippen LogP contribution in [0.15, 0.2) is 103 Å². The van der Waals surface area contributed by atoms with E-state index in [0.717, 1.165) is 27.8 Å². The summed E-state index contributed by atoms with van der Waals surface area (Å²) in [4.78, 5) is 11.8. The number of hydrogen-bond acceptors (Lipinski definition) is 3. The quantitative estimate of drug-likeness (QED) is 0.379. The normalized spacial score (nSPS) is 11.7. The van der Waals surface area contributed by atoms with E-state index in [0.29, 0.717) is 23.7 Å². The van der Waals surface area contributed by atoms with Crippen LogP contribution in [0.2, 0.25) is 0 Å². The summed E-state index contributed by atoms with van der Waals surface area (Å²) in [7, 11) is 0. The zero-order chi connectivity index (χ0) is 23.6. The van der Waals surface area contributed by atoms with Crippen LogP contribution in [0, 0.1) is 6.92 Å². The van der Waals surface area contributed by atoms with Crippen molar-refractivity contribution in [3.8, 4) is 11.5 Å². The zero-order valence-corrected chi connectivity index (χ0v) is 19.1. The molecule has 4 nitrogen and oxygen atoms in total. The molecule has 168 valence electrons. The van der Waals surface area contributed by atoms with E-state index in [1.54, 1.807) is 0 Å². The molecule has 0 aliphatic rings. The molecule has 1 amide bonds. The summed E-state index contributed by atoms with van der Waals surface area (Å²) < 4.78 is 11.8. The number of benzene rings is 3. The molecule has 2 N–H and O–H groups in total. The number of amides is 1. The van der Waals surface area contributed by atoms with Crippen LogP contribution in [0.3, 0.4) is 0 Å². The second-order valence-electron chi connectivity index (χ2n) is 7.73. The maximum atomic E-state index is 11.8. The van der Waals surface area contributed by atoms with Crippen molar-refractivity contribution in [2.75, 3.05) is 6.61 Å². The number of carbonyl (C=O) groups excluding carboxylic acids is 1. The van der Waals surface area contributed by atoms with Gasteiger partial charge in [0.05, 0.1) is 0 Å². The minimum Gasteiger partial charge on any atom is -0.489 e. The van der Waals surface area contributed by atoms with Crippen molar-refractivity contribution in [1.29, 1.82) is 0 Å². The van der Waals surface area contributed by atoms with Gasteiger partial charge in [0.25, 0.3) is 0 Å². The first kappa shape index (κ1) is 23.6. The first-order chi connectivity index (χ1) is 16.0. The number of aryl methyl sites for hydroxylation is 1. The second-order valence-corrected chi connectivity index (χ2v) is 7.73. The van der Waals surface area contributed by atoms with Gasteiger partial charge in [-0.3, -0.25) is 4.79 Å². The molecule has 0 radical (unpaired) electrons. The highest BCUT2D eigenvalue weighted by atomic mass is 16.5. The van der Waals surface area contributed by atoms with Gasteiger partial charge in [-0.2, -0.15) is 0 Å². The van der Waals surface area contributed by atoms with Crippen molar-refractivity contribution >= 4 is 11.5 Å². The van der Waals surface area contributed by atoms with Crippen LogP contribution >= 0.6 is 0 Å². The van der Waals surface area contributed by atoms with Crippen molar-refractivity contribution in [2.45, 2.75) is 20.5 Å². The molecular weight excluding hydrogens is 410 g/mol. The van der Waals surface area contributed by atoms with E-state index in [2.05, 4.69) is 18.7 Å². The Hall–Kier alpha value is -4.05. The molecule has 0 saturated heterocycles. The molecule has 0 atom stereocenters. The van der Waals surface area contributed by atoms with Gasteiger partial charge in [-0.1, -0.05) is 79.4 Å². The molecule has 0 bridgehead atoms. The number of nitrogens with two attached hydrogens (primary N) is 1. The van der Waals surface area contributed by atoms with Crippen molar-refractivity contribution < 1.29 is 14.3 Å². The van der Waals surface area contributed by atoms with Crippen LogP contribution in [0.5, 0.6) is 11.5 Å². The fraction of sp³-hybridized carbons (Fsp3) is 0.138. The van der Waals surface area contributed by atoms with Gasteiger partial charge < -0.3 is 15.2 Å². The number of ether oxygens (including phenoxy) is 2. The number of hydrogen-bond donors (Lipinski definition) is 1. The molecule has 3 aromatic rings. The Labute approximate surface area is 195 Å². The Balaban J connectivity index is 1.62. The highest BCUT2D eigenvalue weighted by molar-refractivity contribution is 5.95. The first-order valence-electron chi connectivity index (χ1n) is 10.8. The molecule has 0 heterocycles. The summed E-state index contributed by atoms with van der Waals surface area (Å²) in [5, 5.41) is 0. The van der Waals surface area contributed by atoms with Crippen molar-refractivity contribution in [2.24, 2.45) is 5.73 Å². The highest BCUT2D eigenvalue weighted by Gasteiger charge is 2.11. The van der Waals surface area contributed by atoms with Gasteiger partial charge in [-0.25, -0.2) is 0 Å². The average Bonchev–Trinajstić information content (AvgIpc) is 2.82. The third-order valence-electron chi connectivity index (χ3n) is 5.15. The number of allylic oxidation sites excluding steroid dienone is 4. The lowest BCUT2D eigenvalue weighted by Gasteiger charge is -2.12. The van der Waals surface area contributed by atoms with E-state index in [9.17, 15) is 4.79 Å². The topological polar surface area (TPSA) is 61.6 Å². The van der Waals surface area contributed by atoms with Crippen LogP contribution < -0.4 is 15.2 Å². The largest absolute Gasteiger partial charge is 0.489 e. The molecule has 33 heavy (non-hydrogen) atoms. The number of rotatable bonds is 10. The Morgan fingerprint density at radius 2 is 1.64 bits per heavy atom. The standard InChI is InChI=1S/C29H29NO3/c1-4-23(24-11-6-5-7-12-24)17-16-21(2)19-32-26-14-9-15-27(18-26)33-20-25-13-8-10-22(3)28(25)29(30)31/h4-18H,1,19-20H2,2-3H3,(H2,30,31)/b21-16+,23-17+. The van der Waals surface area contributed by atoms with E-state index in [1.807, 2.05) is 92.7 Å².